The van der Waals surface area contributed by atoms with Crippen molar-refractivity contribution in [2.75, 3.05) is 12.9 Å². The third kappa shape index (κ3) is 5.87. The van der Waals surface area contributed by atoms with E-state index in [0.717, 1.165) is 30.5 Å². The molecule has 2 aromatic carbocycles. The van der Waals surface area contributed by atoms with Gasteiger partial charge in [-0.15, -0.1) is 11.8 Å². The number of nitrogens with zero attached hydrogens (tertiary/aromatic N) is 1. The van der Waals surface area contributed by atoms with Gasteiger partial charge in [0.05, 0.1) is 19.1 Å². The summed E-state index contributed by atoms with van der Waals surface area (Å²) in [5.41, 5.74) is 5.61. The molecule has 0 aliphatic heterocycles. The number of amides is 1. The van der Waals surface area contributed by atoms with Gasteiger partial charge in [-0.3, -0.25) is 4.79 Å². The van der Waals surface area contributed by atoms with Crippen molar-refractivity contribution in [1.29, 1.82) is 0 Å². The van der Waals surface area contributed by atoms with Crippen LogP contribution in [0.4, 0.5) is 0 Å². The smallest absolute Gasteiger partial charge is 0.250 e. The van der Waals surface area contributed by atoms with Crippen molar-refractivity contribution in [2.24, 2.45) is 5.10 Å². The maximum Gasteiger partial charge on any atom is 0.250 e. The largest absolute Gasteiger partial charge is 0.496 e. The van der Waals surface area contributed by atoms with Crippen LogP contribution in [0.5, 0.6) is 5.75 Å². The van der Waals surface area contributed by atoms with E-state index in [4.69, 9.17) is 4.74 Å². The first-order chi connectivity index (χ1) is 11.9. The maximum atomic E-state index is 12.0. The monoisotopic (exact) mass is 484 g/mol. The van der Waals surface area contributed by atoms with Gasteiger partial charge in [-0.2, -0.15) is 5.10 Å². The second kappa shape index (κ2) is 9.40. The molecule has 1 N–H and O–H groups in total. The second-order valence-electron chi connectivity index (χ2n) is 5.34. The van der Waals surface area contributed by atoms with Crippen LogP contribution in [-0.4, -0.2) is 25.0 Å². The third-order valence-corrected chi connectivity index (χ3v) is 5.90. The van der Waals surface area contributed by atoms with Crippen LogP contribution < -0.4 is 10.2 Å². The number of carbonyl (C=O) groups is 1. The van der Waals surface area contributed by atoms with Crippen molar-refractivity contribution in [1.82, 2.24) is 5.43 Å². The number of benzene rings is 2. The second-order valence-corrected chi connectivity index (χ2v) is 8.12. The number of halogens is 2. The first kappa shape index (κ1) is 20.0. The molecule has 132 valence electrons. The predicted molar refractivity (Wildman–Crippen MR) is 111 cm³/mol. The lowest BCUT2D eigenvalue weighted by molar-refractivity contribution is -0.118. The molecule has 7 heteroatoms. The third-order valence-electron chi connectivity index (χ3n) is 3.40. The van der Waals surface area contributed by atoms with Crippen molar-refractivity contribution in [2.45, 2.75) is 18.7 Å². The van der Waals surface area contributed by atoms with Gasteiger partial charge in [0.25, 0.3) is 0 Å². The molecule has 0 atom stereocenters. The minimum atomic E-state index is -0.157. The standard InChI is InChI=1S/C18H18Br2N2O2S/c1-11-7-17(12(2)6-15(11)20)25-10-18(23)22-21-9-13-8-14(19)4-5-16(13)24-3/h4-9H,10H2,1-3H3,(H,22,23)/b21-9+. The molecule has 0 spiro atoms. The van der Waals surface area contributed by atoms with Gasteiger partial charge in [-0.25, -0.2) is 5.43 Å². The van der Waals surface area contributed by atoms with Crippen molar-refractivity contribution in [3.05, 3.63) is 56.0 Å². The summed E-state index contributed by atoms with van der Waals surface area (Å²) in [5, 5.41) is 4.01. The summed E-state index contributed by atoms with van der Waals surface area (Å²) in [6.07, 6.45) is 1.57. The SMILES string of the molecule is COc1ccc(Br)cc1/C=N/NC(=O)CSc1cc(C)c(Br)cc1C. The summed E-state index contributed by atoms with van der Waals surface area (Å²) >= 11 is 8.41. The van der Waals surface area contributed by atoms with Gasteiger partial charge in [-0.1, -0.05) is 31.9 Å². The molecule has 0 aliphatic rings. The van der Waals surface area contributed by atoms with E-state index in [1.807, 2.05) is 32.0 Å². The van der Waals surface area contributed by atoms with Gasteiger partial charge >= 0.3 is 0 Å². The Balaban J connectivity index is 1.93. The Labute approximate surface area is 168 Å². The first-order valence-electron chi connectivity index (χ1n) is 7.45. The Morgan fingerprint density at radius 3 is 2.72 bits per heavy atom. The molecule has 25 heavy (non-hydrogen) atoms. The van der Waals surface area contributed by atoms with E-state index in [1.54, 1.807) is 13.3 Å². The zero-order chi connectivity index (χ0) is 18.4. The summed E-state index contributed by atoms with van der Waals surface area (Å²) in [4.78, 5) is 13.1. The molecule has 0 radical (unpaired) electrons. The lowest BCUT2D eigenvalue weighted by Crippen LogP contribution is -2.19. The molecule has 0 fully saturated rings. The van der Waals surface area contributed by atoms with E-state index >= 15 is 0 Å². The van der Waals surface area contributed by atoms with Crippen LogP contribution >= 0.6 is 43.6 Å². The van der Waals surface area contributed by atoms with Crippen LogP contribution in [0.2, 0.25) is 0 Å². The minimum Gasteiger partial charge on any atom is -0.496 e. The van der Waals surface area contributed by atoms with Gasteiger partial charge in [-0.05, 0) is 55.3 Å². The zero-order valence-corrected chi connectivity index (χ0v) is 18.1. The molecule has 0 bridgehead atoms. The number of hydrogen-bond donors (Lipinski definition) is 1. The van der Waals surface area contributed by atoms with E-state index in [0.29, 0.717) is 11.5 Å². The van der Waals surface area contributed by atoms with Crippen LogP contribution in [0.3, 0.4) is 0 Å². The van der Waals surface area contributed by atoms with Crippen LogP contribution in [0.1, 0.15) is 16.7 Å². The fourth-order valence-corrected chi connectivity index (χ4v) is 3.80. The van der Waals surface area contributed by atoms with Crippen molar-refractivity contribution in [3.8, 4) is 5.75 Å². The fourth-order valence-electron chi connectivity index (χ4n) is 2.07. The number of rotatable bonds is 6. The molecule has 0 saturated carbocycles. The van der Waals surface area contributed by atoms with Gasteiger partial charge in [0.2, 0.25) is 5.91 Å². The Bertz CT molecular complexity index is 810. The van der Waals surface area contributed by atoms with Gasteiger partial charge in [0.1, 0.15) is 5.75 Å². The van der Waals surface area contributed by atoms with Crippen LogP contribution in [0.25, 0.3) is 0 Å². The van der Waals surface area contributed by atoms with Gasteiger partial charge in [0, 0.05) is 19.4 Å². The highest BCUT2D eigenvalue weighted by Crippen LogP contribution is 2.28. The number of carbonyl (C=O) groups excluding carboxylic acids is 1. The topological polar surface area (TPSA) is 50.7 Å². The quantitative estimate of drug-likeness (QED) is 0.352. The van der Waals surface area contributed by atoms with Crippen LogP contribution in [0, 0.1) is 13.8 Å². The van der Waals surface area contributed by atoms with E-state index < -0.39 is 0 Å². The summed E-state index contributed by atoms with van der Waals surface area (Å²) in [7, 11) is 1.60. The number of nitrogens with one attached hydrogen (secondary N) is 1. The van der Waals surface area contributed by atoms with Crippen molar-refractivity contribution >= 4 is 55.7 Å². The number of methoxy groups -OCH3 is 1. The lowest BCUT2D eigenvalue weighted by Gasteiger charge is -2.08. The van der Waals surface area contributed by atoms with E-state index in [9.17, 15) is 4.79 Å². The summed E-state index contributed by atoms with van der Waals surface area (Å²) in [6, 6.07) is 9.73. The normalized spacial score (nSPS) is 10.9. The number of aryl methyl sites for hydroxylation is 2. The van der Waals surface area contributed by atoms with E-state index in [1.165, 1.54) is 11.8 Å². The summed E-state index contributed by atoms with van der Waals surface area (Å²) in [6.45, 7) is 4.06. The van der Waals surface area contributed by atoms with E-state index in [2.05, 4.69) is 54.5 Å². The fraction of sp³-hybridized carbons (Fsp3) is 0.222. The molecular formula is C18H18Br2N2O2S. The molecule has 4 nitrogen and oxygen atoms in total. The van der Waals surface area contributed by atoms with Crippen LogP contribution in [-0.2, 0) is 4.79 Å². The van der Waals surface area contributed by atoms with Gasteiger partial charge in [0.15, 0.2) is 0 Å². The average molecular weight is 486 g/mol. The highest BCUT2D eigenvalue weighted by molar-refractivity contribution is 9.10. The highest BCUT2D eigenvalue weighted by Gasteiger charge is 2.07. The highest BCUT2D eigenvalue weighted by atomic mass is 79.9. The van der Waals surface area contributed by atoms with Gasteiger partial charge < -0.3 is 4.74 Å². The number of hydrazone groups is 1. The van der Waals surface area contributed by atoms with Crippen molar-refractivity contribution < 1.29 is 9.53 Å². The molecule has 2 aromatic rings. The predicted octanol–water partition coefficient (Wildman–Crippen LogP) is 5.08. The Kier molecular flexibility index (Phi) is 7.53. The average Bonchev–Trinajstić information content (AvgIpc) is 2.57. The number of ether oxygens (including phenoxy) is 1. The molecule has 0 unspecified atom stereocenters. The Morgan fingerprint density at radius 1 is 1.24 bits per heavy atom. The number of thioether (sulfide) groups is 1. The lowest BCUT2D eigenvalue weighted by atomic mass is 10.2. The minimum absolute atomic E-state index is 0.157. The molecule has 0 aromatic heterocycles. The molecule has 2 rings (SSSR count). The zero-order valence-electron chi connectivity index (χ0n) is 14.1. The Morgan fingerprint density at radius 2 is 2.00 bits per heavy atom. The molecule has 1 amide bonds. The van der Waals surface area contributed by atoms with Crippen molar-refractivity contribution in [3.63, 3.8) is 0 Å². The number of hydrogen-bond acceptors (Lipinski definition) is 4. The molecule has 0 heterocycles. The molecule has 0 saturated heterocycles. The molecular weight excluding hydrogens is 468 g/mol. The summed E-state index contributed by atoms with van der Waals surface area (Å²) < 4.78 is 7.25. The van der Waals surface area contributed by atoms with Crippen LogP contribution in [0.15, 0.2) is 49.3 Å². The molecule has 0 aliphatic carbocycles. The maximum absolute atomic E-state index is 12.0. The van der Waals surface area contributed by atoms with E-state index in [-0.39, 0.29) is 5.91 Å². The first-order valence-corrected chi connectivity index (χ1v) is 10.0. The summed E-state index contributed by atoms with van der Waals surface area (Å²) in [5.74, 6) is 0.834. The Hall–Kier alpha value is -1.31.